The van der Waals surface area contributed by atoms with Gasteiger partial charge in [-0.3, -0.25) is 0 Å². The summed E-state index contributed by atoms with van der Waals surface area (Å²) in [6.07, 6.45) is 0.799. The van der Waals surface area contributed by atoms with Crippen LogP contribution in [0.25, 0.3) is 0 Å². The van der Waals surface area contributed by atoms with E-state index < -0.39 is 0 Å². The smallest absolute Gasteiger partial charge is 0.338 e. The Morgan fingerprint density at radius 3 is 2.36 bits per heavy atom. The minimum absolute atomic E-state index is 0.301. The highest BCUT2D eigenvalue weighted by Gasteiger charge is 2.15. The van der Waals surface area contributed by atoms with E-state index in [-0.39, 0.29) is 6.03 Å². The monoisotopic (exact) mass is 362 g/mol. The second-order valence-electron chi connectivity index (χ2n) is 5.85. The van der Waals surface area contributed by atoms with Crippen LogP contribution >= 0.6 is 11.8 Å². The fourth-order valence-corrected chi connectivity index (χ4v) is 2.61. The van der Waals surface area contributed by atoms with E-state index in [1.165, 1.54) is 10.5 Å². The van der Waals surface area contributed by atoms with Crippen LogP contribution < -0.4 is 13.9 Å². The summed E-state index contributed by atoms with van der Waals surface area (Å²) in [7, 11) is 4.97. The second kappa shape index (κ2) is 8.62. The largest absolute Gasteiger partial charge is 0.496 e. The molecule has 0 heterocycles. The van der Waals surface area contributed by atoms with E-state index in [0.29, 0.717) is 12.3 Å². The number of methoxy groups -OCH3 is 1. The third kappa shape index (κ3) is 5.03. The molecule has 0 aromatic heterocycles. The molecule has 25 heavy (non-hydrogen) atoms. The maximum Gasteiger partial charge on any atom is 0.338 e. The standard InChI is InChI=1S/C19H23ClN2O3/c1-14-13-15(5-10-18(14)24-4)11-12-25-17-8-6-16(7-9-17)22(20)19(23)21(2)3/h5-10,13H,11-12H2,1-4H3. The van der Waals surface area contributed by atoms with Gasteiger partial charge in [0.1, 0.15) is 11.5 Å². The van der Waals surface area contributed by atoms with Crippen molar-refractivity contribution in [1.29, 1.82) is 0 Å². The van der Waals surface area contributed by atoms with Gasteiger partial charge in [0.2, 0.25) is 0 Å². The number of urea groups is 1. The van der Waals surface area contributed by atoms with Gasteiger partial charge < -0.3 is 14.4 Å². The molecule has 2 rings (SSSR count). The number of rotatable bonds is 6. The van der Waals surface area contributed by atoms with Gasteiger partial charge in [-0.1, -0.05) is 12.1 Å². The minimum atomic E-state index is -0.301. The van der Waals surface area contributed by atoms with Crippen molar-refractivity contribution < 1.29 is 14.3 Å². The van der Waals surface area contributed by atoms with Gasteiger partial charge >= 0.3 is 6.03 Å². The maximum atomic E-state index is 11.8. The third-order valence-corrected chi connectivity index (χ3v) is 4.07. The quantitative estimate of drug-likeness (QED) is 0.721. The number of hydrogen-bond acceptors (Lipinski definition) is 3. The molecule has 2 aromatic carbocycles. The van der Waals surface area contributed by atoms with E-state index in [1.54, 1.807) is 45.5 Å². The summed E-state index contributed by atoms with van der Waals surface area (Å²) in [5.41, 5.74) is 2.90. The van der Waals surface area contributed by atoms with Crippen molar-refractivity contribution in [2.24, 2.45) is 0 Å². The van der Waals surface area contributed by atoms with Crippen LogP contribution in [0.1, 0.15) is 11.1 Å². The van der Waals surface area contributed by atoms with Gasteiger partial charge in [-0.15, -0.1) is 0 Å². The molecule has 0 fully saturated rings. The first-order chi connectivity index (χ1) is 11.9. The topological polar surface area (TPSA) is 42.0 Å². The Bertz CT molecular complexity index is 717. The Kier molecular flexibility index (Phi) is 6.53. The van der Waals surface area contributed by atoms with Crippen molar-refractivity contribution in [2.75, 3.05) is 32.2 Å². The van der Waals surface area contributed by atoms with Gasteiger partial charge in [0.05, 0.1) is 19.4 Å². The van der Waals surface area contributed by atoms with Gasteiger partial charge in [0.25, 0.3) is 0 Å². The summed E-state index contributed by atoms with van der Waals surface area (Å²) in [5, 5.41) is 0. The zero-order chi connectivity index (χ0) is 18.4. The number of carbonyl (C=O) groups excluding carboxylic acids is 1. The first-order valence-electron chi connectivity index (χ1n) is 7.96. The Labute approximate surface area is 153 Å². The first-order valence-corrected chi connectivity index (χ1v) is 8.29. The molecule has 0 unspecified atom stereocenters. The Morgan fingerprint density at radius 2 is 1.80 bits per heavy atom. The summed E-state index contributed by atoms with van der Waals surface area (Å²) in [6.45, 7) is 2.58. The molecule has 0 aliphatic rings. The van der Waals surface area contributed by atoms with E-state index >= 15 is 0 Å². The molecule has 6 heteroatoms. The number of amides is 2. The highest BCUT2D eigenvalue weighted by Crippen LogP contribution is 2.22. The number of benzene rings is 2. The van der Waals surface area contributed by atoms with Crippen LogP contribution in [0, 0.1) is 6.92 Å². The molecule has 2 amide bonds. The molecule has 0 saturated heterocycles. The van der Waals surface area contributed by atoms with Crippen LogP contribution in [0.2, 0.25) is 0 Å². The number of ether oxygens (including phenoxy) is 2. The molecule has 0 bridgehead atoms. The van der Waals surface area contributed by atoms with Gasteiger partial charge in [-0.05, 0) is 48.4 Å². The summed E-state index contributed by atoms with van der Waals surface area (Å²) in [4.78, 5) is 13.2. The van der Waals surface area contributed by atoms with Crippen molar-refractivity contribution in [3.05, 3.63) is 53.6 Å². The lowest BCUT2D eigenvalue weighted by Gasteiger charge is -2.19. The number of anilines is 1. The van der Waals surface area contributed by atoms with Crippen molar-refractivity contribution in [3.63, 3.8) is 0 Å². The molecular formula is C19H23ClN2O3. The van der Waals surface area contributed by atoms with Crippen molar-refractivity contribution in [2.45, 2.75) is 13.3 Å². The summed E-state index contributed by atoms with van der Waals surface area (Å²) in [5.74, 6) is 1.62. The lowest BCUT2D eigenvalue weighted by Crippen LogP contribution is -2.32. The average molecular weight is 363 g/mol. The first kappa shape index (κ1) is 18.9. The van der Waals surface area contributed by atoms with E-state index in [1.807, 2.05) is 19.1 Å². The number of halogens is 1. The normalized spacial score (nSPS) is 10.3. The SMILES string of the molecule is COc1ccc(CCOc2ccc(N(Cl)C(=O)N(C)C)cc2)cc1C. The van der Waals surface area contributed by atoms with E-state index in [9.17, 15) is 4.79 Å². The lowest BCUT2D eigenvalue weighted by molar-refractivity contribution is 0.227. The zero-order valence-electron chi connectivity index (χ0n) is 15.0. The fourth-order valence-electron chi connectivity index (χ4n) is 2.34. The van der Waals surface area contributed by atoms with Gasteiger partial charge in [-0.25, -0.2) is 9.21 Å². The molecule has 0 aliphatic carbocycles. The highest BCUT2D eigenvalue weighted by atomic mass is 35.5. The molecule has 0 saturated carbocycles. The minimum Gasteiger partial charge on any atom is -0.496 e. The summed E-state index contributed by atoms with van der Waals surface area (Å²) >= 11 is 6.02. The van der Waals surface area contributed by atoms with Crippen LogP contribution in [0.3, 0.4) is 0 Å². The molecule has 134 valence electrons. The maximum absolute atomic E-state index is 11.8. The van der Waals surface area contributed by atoms with E-state index in [0.717, 1.165) is 27.9 Å². The third-order valence-electron chi connectivity index (χ3n) is 3.73. The highest BCUT2D eigenvalue weighted by molar-refractivity contribution is 6.36. The Hall–Kier alpha value is -2.40. The molecule has 0 aliphatic heterocycles. The molecule has 0 N–H and O–H groups in total. The Morgan fingerprint density at radius 1 is 1.12 bits per heavy atom. The van der Waals surface area contributed by atoms with E-state index in [2.05, 4.69) is 6.07 Å². The van der Waals surface area contributed by atoms with E-state index in [4.69, 9.17) is 21.3 Å². The average Bonchev–Trinajstić information content (AvgIpc) is 2.61. The summed E-state index contributed by atoms with van der Waals surface area (Å²) < 4.78 is 12.1. The predicted octanol–water partition coefficient (Wildman–Crippen LogP) is 4.27. The second-order valence-corrected chi connectivity index (χ2v) is 6.19. The summed E-state index contributed by atoms with van der Waals surface area (Å²) in [6, 6.07) is 12.9. The molecule has 0 atom stereocenters. The van der Waals surface area contributed by atoms with Crippen molar-refractivity contribution in [3.8, 4) is 11.5 Å². The van der Waals surface area contributed by atoms with Crippen LogP contribution in [0.5, 0.6) is 11.5 Å². The number of hydrogen-bond donors (Lipinski definition) is 0. The number of nitrogens with zero attached hydrogens (tertiary/aromatic N) is 2. The van der Waals surface area contributed by atoms with Crippen LogP contribution in [0.15, 0.2) is 42.5 Å². The van der Waals surface area contributed by atoms with Crippen LogP contribution in [-0.4, -0.2) is 38.7 Å². The Balaban J connectivity index is 1.89. The fraction of sp³-hybridized carbons (Fsp3) is 0.316. The van der Waals surface area contributed by atoms with Crippen molar-refractivity contribution >= 4 is 23.5 Å². The zero-order valence-corrected chi connectivity index (χ0v) is 15.7. The molecular weight excluding hydrogens is 340 g/mol. The molecule has 2 aromatic rings. The van der Waals surface area contributed by atoms with Gasteiger partial charge in [0, 0.05) is 32.3 Å². The van der Waals surface area contributed by atoms with Crippen LogP contribution in [-0.2, 0) is 6.42 Å². The lowest BCUT2D eigenvalue weighted by atomic mass is 10.1. The number of carbonyl (C=O) groups is 1. The van der Waals surface area contributed by atoms with Crippen molar-refractivity contribution in [1.82, 2.24) is 4.90 Å². The molecule has 5 nitrogen and oxygen atoms in total. The predicted molar refractivity (Wildman–Crippen MR) is 101 cm³/mol. The van der Waals surface area contributed by atoms with Gasteiger partial charge in [-0.2, -0.15) is 0 Å². The van der Waals surface area contributed by atoms with Gasteiger partial charge in [0.15, 0.2) is 0 Å². The van der Waals surface area contributed by atoms with Crippen LogP contribution in [0.4, 0.5) is 10.5 Å². The molecule has 0 spiro atoms. The number of aryl methyl sites for hydroxylation is 1. The molecule has 0 radical (unpaired) electrons.